The van der Waals surface area contributed by atoms with E-state index in [0.29, 0.717) is 34.5 Å². The largest absolute Gasteiger partial charge is 0.455 e. The molecule has 0 aliphatic heterocycles. The Morgan fingerprint density at radius 2 is 1.56 bits per heavy atom. The van der Waals surface area contributed by atoms with E-state index in [9.17, 15) is 0 Å². The maximum Gasteiger partial charge on any atom is 0.146 e. The number of para-hydroxylation sites is 1. The summed E-state index contributed by atoms with van der Waals surface area (Å²) in [5, 5.41) is 1.22. The molecule has 0 aliphatic carbocycles. The predicted molar refractivity (Wildman–Crippen MR) is 75.7 cm³/mol. The molecule has 18 heavy (non-hydrogen) atoms. The van der Waals surface area contributed by atoms with Gasteiger partial charge in [0.2, 0.25) is 0 Å². The molecule has 2 rings (SSSR count). The number of hydrogen-bond donors (Lipinski definition) is 1. The van der Waals surface area contributed by atoms with Crippen LogP contribution in [0.3, 0.4) is 0 Å². The summed E-state index contributed by atoms with van der Waals surface area (Å²) >= 11 is 12.2. The van der Waals surface area contributed by atoms with Gasteiger partial charge in [-0.2, -0.15) is 0 Å². The van der Waals surface area contributed by atoms with Crippen LogP contribution in [0.4, 0.5) is 0 Å². The van der Waals surface area contributed by atoms with Crippen LogP contribution in [0, 0.1) is 0 Å². The quantitative estimate of drug-likeness (QED) is 0.908. The Bertz CT molecular complexity index is 543. The number of ether oxygens (including phenoxy) is 1. The highest BCUT2D eigenvalue weighted by Gasteiger charge is 2.09. The molecule has 0 saturated carbocycles. The molecule has 0 aromatic heterocycles. The summed E-state index contributed by atoms with van der Waals surface area (Å²) < 4.78 is 5.80. The first-order valence-corrected chi connectivity index (χ1v) is 6.38. The summed E-state index contributed by atoms with van der Waals surface area (Å²) in [5.41, 5.74) is 6.49. The van der Waals surface area contributed by atoms with Crippen molar-refractivity contribution in [3.63, 3.8) is 0 Å². The van der Waals surface area contributed by atoms with Crippen LogP contribution >= 0.6 is 23.2 Å². The average molecular weight is 282 g/mol. The SMILES string of the molecule is NCCc1c(Cl)cccc1Oc1ccccc1Cl. The molecule has 2 aromatic rings. The lowest BCUT2D eigenvalue weighted by Crippen LogP contribution is -2.04. The molecule has 0 unspecified atom stereocenters. The van der Waals surface area contributed by atoms with Gasteiger partial charge in [-0.15, -0.1) is 0 Å². The molecule has 0 radical (unpaired) electrons. The van der Waals surface area contributed by atoms with Crippen molar-refractivity contribution in [2.24, 2.45) is 5.73 Å². The maximum absolute atomic E-state index is 6.15. The van der Waals surface area contributed by atoms with Crippen LogP contribution in [-0.4, -0.2) is 6.54 Å². The fourth-order valence-corrected chi connectivity index (χ4v) is 2.10. The van der Waals surface area contributed by atoms with E-state index in [2.05, 4.69) is 0 Å². The van der Waals surface area contributed by atoms with Gasteiger partial charge in [-0.1, -0.05) is 41.4 Å². The first-order chi connectivity index (χ1) is 8.72. The standard InChI is InChI=1S/C14H13Cl2NO/c15-11-5-3-7-13(10(11)8-9-17)18-14-6-2-1-4-12(14)16/h1-7H,8-9,17H2. The predicted octanol–water partition coefficient (Wildman–Crippen LogP) is 4.29. The Morgan fingerprint density at radius 1 is 0.889 bits per heavy atom. The minimum atomic E-state index is 0.516. The zero-order valence-electron chi connectivity index (χ0n) is 9.70. The van der Waals surface area contributed by atoms with Crippen molar-refractivity contribution in [2.45, 2.75) is 6.42 Å². The molecule has 0 saturated heterocycles. The fraction of sp³-hybridized carbons (Fsp3) is 0.143. The van der Waals surface area contributed by atoms with Gasteiger partial charge >= 0.3 is 0 Å². The molecule has 0 heterocycles. The molecule has 0 aliphatic rings. The summed E-state index contributed by atoms with van der Waals surface area (Å²) in [6.07, 6.45) is 0.666. The van der Waals surface area contributed by atoms with E-state index in [1.165, 1.54) is 0 Å². The highest BCUT2D eigenvalue weighted by Crippen LogP contribution is 2.33. The van der Waals surface area contributed by atoms with Gasteiger partial charge in [0.1, 0.15) is 11.5 Å². The van der Waals surface area contributed by atoms with E-state index >= 15 is 0 Å². The third-order valence-corrected chi connectivity index (χ3v) is 3.19. The van der Waals surface area contributed by atoms with E-state index in [-0.39, 0.29) is 0 Å². The van der Waals surface area contributed by atoms with Crippen molar-refractivity contribution in [3.05, 3.63) is 58.1 Å². The monoisotopic (exact) mass is 281 g/mol. The van der Waals surface area contributed by atoms with Gasteiger partial charge in [0.15, 0.2) is 0 Å². The molecule has 2 nitrogen and oxygen atoms in total. The van der Waals surface area contributed by atoms with Gasteiger partial charge in [-0.3, -0.25) is 0 Å². The van der Waals surface area contributed by atoms with Gasteiger partial charge in [0, 0.05) is 10.6 Å². The number of rotatable bonds is 4. The molecule has 0 amide bonds. The van der Waals surface area contributed by atoms with Crippen molar-refractivity contribution in [1.82, 2.24) is 0 Å². The molecule has 0 bridgehead atoms. The second-order valence-corrected chi connectivity index (χ2v) is 4.60. The summed E-state index contributed by atoms with van der Waals surface area (Å²) in [5.74, 6) is 1.31. The molecule has 2 N–H and O–H groups in total. The summed E-state index contributed by atoms with van der Waals surface area (Å²) in [6.45, 7) is 0.516. The van der Waals surface area contributed by atoms with E-state index < -0.39 is 0 Å². The van der Waals surface area contributed by atoms with E-state index in [4.69, 9.17) is 33.7 Å². The molecule has 2 aromatic carbocycles. The first kappa shape index (κ1) is 13.2. The molecular formula is C14H13Cl2NO. The second-order valence-electron chi connectivity index (χ2n) is 3.79. The molecule has 0 fully saturated rings. The summed E-state index contributed by atoms with van der Waals surface area (Å²) in [7, 11) is 0. The van der Waals surface area contributed by atoms with Gasteiger partial charge in [-0.05, 0) is 37.2 Å². The zero-order chi connectivity index (χ0) is 13.0. The van der Waals surface area contributed by atoms with Crippen LogP contribution in [0.1, 0.15) is 5.56 Å². The van der Waals surface area contributed by atoms with Gasteiger partial charge < -0.3 is 10.5 Å². The molecule has 0 atom stereocenters. The number of hydrogen-bond acceptors (Lipinski definition) is 2. The smallest absolute Gasteiger partial charge is 0.146 e. The second kappa shape index (κ2) is 6.10. The summed E-state index contributed by atoms with van der Waals surface area (Å²) in [4.78, 5) is 0. The van der Waals surface area contributed by atoms with Gasteiger partial charge in [0.25, 0.3) is 0 Å². The third kappa shape index (κ3) is 2.96. The van der Waals surface area contributed by atoms with Crippen LogP contribution in [0.25, 0.3) is 0 Å². The van der Waals surface area contributed by atoms with Crippen molar-refractivity contribution >= 4 is 23.2 Å². The lowest BCUT2D eigenvalue weighted by molar-refractivity contribution is 0.476. The number of benzene rings is 2. The van der Waals surface area contributed by atoms with Gasteiger partial charge in [0.05, 0.1) is 5.02 Å². The third-order valence-electron chi connectivity index (χ3n) is 2.53. The lowest BCUT2D eigenvalue weighted by Gasteiger charge is -2.12. The molecule has 4 heteroatoms. The van der Waals surface area contributed by atoms with Crippen molar-refractivity contribution in [3.8, 4) is 11.5 Å². The van der Waals surface area contributed by atoms with Crippen LogP contribution in [-0.2, 0) is 6.42 Å². The number of nitrogens with two attached hydrogens (primary N) is 1. The molecular weight excluding hydrogens is 269 g/mol. The van der Waals surface area contributed by atoms with Crippen LogP contribution in [0.2, 0.25) is 10.0 Å². The van der Waals surface area contributed by atoms with Crippen LogP contribution in [0.15, 0.2) is 42.5 Å². The van der Waals surface area contributed by atoms with Crippen molar-refractivity contribution in [2.75, 3.05) is 6.54 Å². The molecule has 0 spiro atoms. The normalized spacial score (nSPS) is 10.4. The summed E-state index contributed by atoms with van der Waals surface area (Å²) in [6, 6.07) is 12.8. The van der Waals surface area contributed by atoms with Crippen molar-refractivity contribution < 1.29 is 4.74 Å². The first-order valence-electron chi connectivity index (χ1n) is 5.62. The Hall–Kier alpha value is -1.22. The van der Waals surface area contributed by atoms with E-state index in [1.54, 1.807) is 6.07 Å². The van der Waals surface area contributed by atoms with Crippen LogP contribution < -0.4 is 10.5 Å². The fourth-order valence-electron chi connectivity index (χ4n) is 1.67. The van der Waals surface area contributed by atoms with Crippen LogP contribution in [0.5, 0.6) is 11.5 Å². The maximum atomic E-state index is 6.15. The Balaban J connectivity index is 2.34. The minimum Gasteiger partial charge on any atom is -0.455 e. The minimum absolute atomic E-state index is 0.516. The Kier molecular flexibility index (Phi) is 4.48. The Morgan fingerprint density at radius 3 is 2.28 bits per heavy atom. The highest BCUT2D eigenvalue weighted by atomic mass is 35.5. The Labute approximate surface area is 116 Å². The van der Waals surface area contributed by atoms with E-state index in [1.807, 2.05) is 36.4 Å². The highest BCUT2D eigenvalue weighted by molar-refractivity contribution is 6.32. The topological polar surface area (TPSA) is 35.2 Å². The number of halogens is 2. The van der Waals surface area contributed by atoms with Crippen molar-refractivity contribution in [1.29, 1.82) is 0 Å². The molecule has 94 valence electrons. The zero-order valence-corrected chi connectivity index (χ0v) is 11.2. The lowest BCUT2D eigenvalue weighted by atomic mass is 10.1. The average Bonchev–Trinajstić information content (AvgIpc) is 2.36. The van der Waals surface area contributed by atoms with E-state index in [0.717, 1.165) is 5.56 Å². The van der Waals surface area contributed by atoms with Gasteiger partial charge in [-0.25, -0.2) is 0 Å².